The van der Waals surface area contributed by atoms with Gasteiger partial charge in [0.1, 0.15) is 59.9 Å². The summed E-state index contributed by atoms with van der Waals surface area (Å²) in [7, 11) is 10.1. The molecule has 3 N–H and O–H groups in total. The Morgan fingerprint density at radius 1 is 0.607 bits per heavy atom. The lowest BCUT2D eigenvalue weighted by Gasteiger charge is -2.45. The van der Waals surface area contributed by atoms with E-state index in [0.717, 1.165) is 56.3 Å². The van der Waals surface area contributed by atoms with Crippen molar-refractivity contribution in [2.24, 2.45) is 41.4 Å². The van der Waals surface area contributed by atoms with Crippen LogP contribution in [0.15, 0.2) is 0 Å². The molecule has 3 heterocycles. The van der Waals surface area contributed by atoms with Gasteiger partial charge < -0.3 is 64.8 Å². The number of carbonyl (C=O) groups excluding carboxylic acids is 12. The van der Waals surface area contributed by atoms with Crippen molar-refractivity contribution in [2.75, 3.05) is 88.7 Å². The third kappa shape index (κ3) is 22.3. The van der Waals surface area contributed by atoms with Gasteiger partial charge in [0, 0.05) is 81.0 Å². The highest BCUT2D eigenvalue weighted by Crippen LogP contribution is 2.44. The summed E-state index contributed by atoms with van der Waals surface area (Å²) in [6.45, 7) is 13.0. The molecule has 3 aliphatic heterocycles. The minimum atomic E-state index is -4.53. The Labute approximate surface area is 638 Å². The van der Waals surface area contributed by atoms with Crippen LogP contribution in [0, 0.1) is 41.4 Å². The van der Waals surface area contributed by atoms with Crippen LogP contribution < -0.4 is 16.0 Å². The van der Waals surface area contributed by atoms with E-state index in [1.165, 1.54) is 90.6 Å². The van der Waals surface area contributed by atoms with E-state index in [1.54, 1.807) is 11.8 Å². The summed E-state index contributed by atoms with van der Waals surface area (Å²) in [4.78, 5) is 195. The molecule has 606 valence electrons. The van der Waals surface area contributed by atoms with Crippen molar-refractivity contribution < 1.29 is 75.4 Å². The zero-order valence-electron chi connectivity index (χ0n) is 66.5. The number of ether oxygens (including phenoxy) is 1. The Morgan fingerprint density at radius 2 is 1.22 bits per heavy atom. The van der Waals surface area contributed by atoms with Crippen molar-refractivity contribution in [1.29, 1.82) is 0 Å². The van der Waals surface area contributed by atoms with Gasteiger partial charge in [-0.1, -0.05) is 106 Å². The number of hydrogen-bond donors (Lipinski definition) is 3. The molecule has 3 unspecified atom stereocenters. The molecule has 25 nitrogen and oxygen atoms in total. The Balaban J connectivity index is 1.32. The quantitative estimate of drug-likeness (QED) is 0.0997. The normalized spacial score (nSPS) is 30.2. The monoisotopic (exact) mass is 1530 g/mol. The highest BCUT2D eigenvalue weighted by Gasteiger charge is 2.53. The van der Waals surface area contributed by atoms with Gasteiger partial charge in [-0.15, -0.1) is 11.6 Å². The molecule has 7 aliphatic rings. The number of likely N-dealkylation sites (N-methyl/N-ethyl adjacent to an activating group) is 7. The van der Waals surface area contributed by atoms with Gasteiger partial charge in [0.25, 0.3) is 0 Å². The molecule has 7 fully saturated rings. The molecule has 0 aromatic rings. The highest BCUT2D eigenvalue weighted by molar-refractivity contribution is 6.21. The molecule has 4 saturated carbocycles. The van der Waals surface area contributed by atoms with Crippen molar-refractivity contribution >= 4 is 82.5 Å². The van der Waals surface area contributed by atoms with Gasteiger partial charge in [0.2, 0.25) is 70.9 Å². The molecule has 0 radical (unpaired) electrons. The van der Waals surface area contributed by atoms with Crippen molar-refractivity contribution in [3.63, 3.8) is 0 Å². The Morgan fingerprint density at radius 3 is 1.80 bits per heavy atom. The van der Waals surface area contributed by atoms with Crippen LogP contribution in [0.4, 0.5) is 13.2 Å². The molecule has 3 saturated heterocycles. The second-order valence-electron chi connectivity index (χ2n) is 33.4. The smallest absolute Gasteiger partial charge is 0.379 e. The van der Waals surface area contributed by atoms with Crippen molar-refractivity contribution in [1.82, 2.24) is 60.0 Å². The summed E-state index contributed by atoms with van der Waals surface area (Å²) in [5.74, 6) is -10.7. The van der Waals surface area contributed by atoms with Gasteiger partial charge in [-0.05, 0) is 145 Å². The topological polar surface area (TPSA) is 279 Å². The lowest BCUT2D eigenvalue weighted by molar-refractivity contribution is -0.182. The lowest BCUT2D eigenvalue weighted by atomic mass is 9.78. The van der Waals surface area contributed by atoms with Gasteiger partial charge >= 0.3 is 6.18 Å². The maximum absolute atomic E-state index is 15.9. The molecule has 13 atom stereocenters. The standard InChI is InChI=1S/C78H128ClF3N12O13/c1-15-50(6)65-74(104)87(9)51(7)69(99)94-40-34-58(94)72(102)89(11)60(44-52-26-18-16-19-27-52)71(101)86(8)46-63(95)83-57(33-31-53-30-32-55(56(79)43-53)78(80,81)82)70(100)91(13)62(47-107-41-35-48(2)3)68(98)85-77(36-22-23-37-77)76(106)92(14)66(54-28-20-21-29-54)75(105)90(12)61(73(103)93-38-24-17-25-39-93)45-64(96)88(10)59(42-49(4)5)67(97)84-65/h48-62,65-66H,15-47H2,1-14H3,(H,83,95)(H,84,97)(H,85,98)/t50-,51-,53?,55?,56?,57-,58-,59-,60-,61-,62+,65-,66-/m0/s1. The summed E-state index contributed by atoms with van der Waals surface area (Å²) in [6, 6.07) is -11.2. The fourth-order valence-corrected chi connectivity index (χ4v) is 17.8. The van der Waals surface area contributed by atoms with Crippen LogP contribution in [0.3, 0.4) is 0 Å². The zero-order valence-corrected chi connectivity index (χ0v) is 67.2. The first-order chi connectivity index (χ1) is 50.4. The van der Waals surface area contributed by atoms with Gasteiger partial charge in [0.15, 0.2) is 0 Å². The number of halogens is 4. The number of fused-ring (bicyclic) bond motifs is 1. The van der Waals surface area contributed by atoms with E-state index in [-0.39, 0.29) is 102 Å². The third-order valence-corrected chi connectivity index (χ3v) is 25.4. The minimum Gasteiger partial charge on any atom is -0.379 e. The second-order valence-corrected chi connectivity index (χ2v) is 33.9. The number of nitrogens with zero attached hydrogens (tertiary/aromatic N) is 9. The van der Waals surface area contributed by atoms with E-state index >= 15 is 38.4 Å². The van der Waals surface area contributed by atoms with E-state index in [9.17, 15) is 32.3 Å². The van der Waals surface area contributed by atoms with E-state index in [0.29, 0.717) is 64.5 Å². The van der Waals surface area contributed by atoms with Crippen LogP contribution in [0.5, 0.6) is 0 Å². The maximum atomic E-state index is 15.9. The fourth-order valence-electron chi connectivity index (χ4n) is 17.3. The average molecular weight is 1530 g/mol. The molecule has 107 heavy (non-hydrogen) atoms. The first-order valence-electron chi connectivity index (χ1n) is 40.1. The molecule has 0 bridgehead atoms. The van der Waals surface area contributed by atoms with Crippen LogP contribution >= 0.6 is 11.6 Å². The summed E-state index contributed by atoms with van der Waals surface area (Å²) >= 11 is 6.46. The summed E-state index contributed by atoms with van der Waals surface area (Å²) in [5, 5.41) is 7.63. The van der Waals surface area contributed by atoms with Crippen molar-refractivity contribution in [3.8, 4) is 0 Å². The molecular formula is C78H128ClF3N12O13. The number of hydrogen-bond acceptors (Lipinski definition) is 13. The molecule has 1 spiro atoms. The highest BCUT2D eigenvalue weighted by atomic mass is 35.5. The number of carbonyl (C=O) groups is 12. The van der Waals surface area contributed by atoms with E-state index in [1.807, 2.05) is 34.6 Å². The Kier molecular flexibility index (Phi) is 32.5. The van der Waals surface area contributed by atoms with Crippen molar-refractivity contribution in [3.05, 3.63) is 0 Å². The molecule has 7 rings (SSSR count). The average Bonchev–Trinajstić information content (AvgIpc) is 1.70. The maximum Gasteiger partial charge on any atom is 0.393 e. The van der Waals surface area contributed by atoms with Crippen LogP contribution in [0.1, 0.15) is 222 Å². The number of alkyl halides is 4. The SMILES string of the molecule is CC[C@H](C)[C@@H]1NC(=O)[C@H](CC(C)C)N(C)C(=O)C[C@@H](C(=O)N2CCCCC2)N(C)C(=O)[C@H](C2CCCC2)N(C)C(=O)C2(CCCC2)NC(=O)[C@@H](COCCC(C)C)N(C)C(=O)[C@H](CCC2CCC(C(F)(F)F)C(Cl)C2)NC(=O)CN(C)C(=O)[C@H](CC2CCCCC2)N(C)C(=O)[C@@H]2CCN2C(=O)[C@H](C)N(C)C1=O. The fraction of sp³-hybridized carbons (Fsp3) is 0.846. The summed E-state index contributed by atoms with van der Waals surface area (Å²) < 4.78 is 48.6. The predicted molar refractivity (Wildman–Crippen MR) is 399 cm³/mol. The molecule has 12 amide bonds. The largest absolute Gasteiger partial charge is 0.393 e. The van der Waals surface area contributed by atoms with Gasteiger partial charge in [0.05, 0.1) is 25.5 Å². The predicted octanol–water partition coefficient (Wildman–Crippen LogP) is 7.52. The molecule has 0 aromatic carbocycles. The van der Waals surface area contributed by atoms with Crippen LogP contribution in [0.25, 0.3) is 0 Å². The first-order valence-corrected chi connectivity index (χ1v) is 40.5. The zero-order chi connectivity index (χ0) is 79.1. The Bertz CT molecular complexity index is 3090. The van der Waals surface area contributed by atoms with Crippen LogP contribution in [-0.2, 0) is 62.3 Å². The molecule has 0 aromatic heterocycles. The number of piperidine rings is 1. The number of rotatable bonds is 16. The number of likely N-dealkylation sites (tertiary alicyclic amines) is 1. The minimum absolute atomic E-state index is 0.0196. The first kappa shape index (κ1) is 87.9. The third-order valence-electron chi connectivity index (χ3n) is 24.9. The molecule has 29 heteroatoms. The number of nitrogens with one attached hydrogen (secondary N) is 3. The second kappa shape index (κ2) is 39.5. The molecule has 4 aliphatic carbocycles. The van der Waals surface area contributed by atoms with Gasteiger partial charge in [-0.2, -0.15) is 13.2 Å². The van der Waals surface area contributed by atoms with Gasteiger partial charge in [-0.3, -0.25) is 57.5 Å². The van der Waals surface area contributed by atoms with E-state index < -0.39 is 179 Å². The molecular weight excluding hydrogens is 1410 g/mol. The number of amides is 12. The van der Waals surface area contributed by atoms with E-state index in [4.69, 9.17) is 16.3 Å². The summed E-state index contributed by atoms with van der Waals surface area (Å²) in [5.41, 5.74) is -1.64. The van der Waals surface area contributed by atoms with Crippen LogP contribution in [0.2, 0.25) is 0 Å². The lowest BCUT2D eigenvalue weighted by Crippen LogP contribution is -2.66. The summed E-state index contributed by atoms with van der Waals surface area (Å²) in [6.07, 6.45) is 6.75. The van der Waals surface area contributed by atoms with Crippen LogP contribution in [-0.4, -0.2) is 275 Å². The van der Waals surface area contributed by atoms with Crippen molar-refractivity contribution in [2.45, 2.75) is 293 Å². The van der Waals surface area contributed by atoms with E-state index in [2.05, 4.69) is 16.0 Å². The Hall–Kier alpha value is -6.32. The van der Waals surface area contributed by atoms with Gasteiger partial charge in [-0.25, -0.2) is 0 Å².